The van der Waals surface area contributed by atoms with Gasteiger partial charge >= 0.3 is 12.1 Å². The van der Waals surface area contributed by atoms with Crippen molar-refractivity contribution in [3.63, 3.8) is 0 Å². The van der Waals surface area contributed by atoms with Gasteiger partial charge in [0.1, 0.15) is 41.0 Å². The minimum atomic E-state index is -1.17. The van der Waals surface area contributed by atoms with Crippen molar-refractivity contribution in [2.24, 2.45) is 0 Å². The van der Waals surface area contributed by atoms with Gasteiger partial charge in [0.2, 0.25) is 23.6 Å². The summed E-state index contributed by atoms with van der Waals surface area (Å²) < 4.78 is 27.8. The van der Waals surface area contributed by atoms with Crippen molar-refractivity contribution in [2.45, 2.75) is 52.6 Å². The number of carbonyl (C=O) groups excluding carboxylic acids is 1. The third kappa shape index (κ3) is 6.54. The number of rotatable bonds is 10. The monoisotopic (exact) mass is 576 g/mol. The van der Waals surface area contributed by atoms with Gasteiger partial charge < -0.3 is 32.8 Å². The van der Waals surface area contributed by atoms with Gasteiger partial charge in [-0.05, 0) is 39.3 Å². The normalized spacial score (nSPS) is 11.5. The molecular formula is C28H28N6O8. The summed E-state index contributed by atoms with van der Waals surface area (Å²) in [6.07, 6.45) is 5.30. The highest BCUT2D eigenvalue weighted by molar-refractivity contribution is 5.87. The van der Waals surface area contributed by atoms with E-state index in [0.717, 1.165) is 0 Å². The zero-order valence-electron chi connectivity index (χ0n) is 23.3. The molecule has 5 rings (SSSR count). The van der Waals surface area contributed by atoms with Crippen molar-refractivity contribution in [2.75, 3.05) is 6.54 Å². The van der Waals surface area contributed by atoms with E-state index in [1.807, 2.05) is 6.92 Å². The van der Waals surface area contributed by atoms with Crippen molar-refractivity contribution < 1.29 is 37.1 Å². The first-order valence-corrected chi connectivity index (χ1v) is 13.1. The van der Waals surface area contributed by atoms with E-state index >= 15 is 0 Å². The number of carbonyl (C=O) groups is 2. The lowest BCUT2D eigenvalue weighted by Gasteiger charge is -2.19. The van der Waals surface area contributed by atoms with E-state index in [4.69, 9.17) is 22.4 Å². The molecule has 0 radical (unpaired) electrons. The predicted molar refractivity (Wildman–Crippen MR) is 145 cm³/mol. The zero-order valence-corrected chi connectivity index (χ0v) is 23.3. The maximum Gasteiger partial charge on any atom is 0.407 e. The van der Waals surface area contributed by atoms with Gasteiger partial charge in [-0.15, -0.1) is 0 Å². The molecule has 0 aromatic carbocycles. The lowest BCUT2D eigenvalue weighted by molar-refractivity contribution is 0.0527. The van der Waals surface area contributed by atoms with Crippen LogP contribution in [0.1, 0.15) is 56.1 Å². The van der Waals surface area contributed by atoms with Gasteiger partial charge in [-0.1, -0.05) is 13.0 Å². The molecule has 0 spiro atoms. The Morgan fingerprint density at radius 3 is 2.17 bits per heavy atom. The number of aryl methyl sites for hydroxylation is 1. The number of nitrogens with zero attached hydrogens (tertiary/aromatic N) is 5. The fraction of sp³-hybridized carbons (Fsp3) is 0.321. The van der Waals surface area contributed by atoms with E-state index in [1.54, 1.807) is 45.2 Å². The van der Waals surface area contributed by atoms with Crippen LogP contribution < -0.4 is 5.32 Å². The Labute approximate surface area is 239 Å². The minimum Gasteiger partial charge on any atom is -0.476 e. The van der Waals surface area contributed by atoms with Gasteiger partial charge in [0.25, 0.3) is 0 Å². The number of amides is 1. The smallest absolute Gasteiger partial charge is 0.407 e. The van der Waals surface area contributed by atoms with Crippen LogP contribution in [0.4, 0.5) is 4.79 Å². The largest absolute Gasteiger partial charge is 0.476 e. The first kappa shape index (κ1) is 28.3. The Morgan fingerprint density at radius 1 is 0.881 bits per heavy atom. The number of aromatic nitrogens is 5. The Balaban J connectivity index is 1.27. The van der Waals surface area contributed by atoms with E-state index in [-0.39, 0.29) is 40.7 Å². The number of ether oxygens (including phenoxy) is 1. The molecule has 0 aliphatic carbocycles. The molecule has 14 heteroatoms. The Kier molecular flexibility index (Phi) is 7.86. The second kappa shape index (κ2) is 11.7. The van der Waals surface area contributed by atoms with Crippen LogP contribution in [0, 0.1) is 0 Å². The quantitative estimate of drug-likeness (QED) is 0.214. The Bertz CT molecular complexity index is 1710. The highest BCUT2D eigenvalue weighted by atomic mass is 16.6. The summed E-state index contributed by atoms with van der Waals surface area (Å²) in [6, 6.07) is 5.13. The summed E-state index contributed by atoms with van der Waals surface area (Å²) in [7, 11) is 0. The summed E-state index contributed by atoms with van der Waals surface area (Å²) in [5.74, 6) is 0.336. The molecule has 1 amide bonds. The SMILES string of the molecule is CCCc1oc(-c2coc(-c3cccc(-c4nc(-c5ncc(CCNC(=O)OC(C)(C)C)o5)co4)n3)n2)nc1C(=O)O. The van der Waals surface area contributed by atoms with Gasteiger partial charge in [-0.3, -0.25) is 0 Å². The van der Waals surface area contributed by atoms with Crippen molar-refractivity contribution in [1.29, 1.82) is 0 Å². The molecular weight excluding hydrogens is 548 g/mol. The first-order valence-electron chi connectivity index (χ1n) is 13.1. The first-order chi connectivity index (χ1) is 20.1. The molecule has 0 bridgehead atoms. The molecule has 218 valence electrons. The van der Waals surface area contributed by atoms with Crippen LogP contribution >= 0.6 is 0 Å². The van der Waals surface area contributed by atoms with Crippen LogP contribution in [-0.2, 0) is 17.6 Å². The number of nitrogens with one attached hydrogen (secondary N) is 1. The topological polar surface area (TPSA) is 193 Å². The van der Waals surface area contributed by atoms with Gasteiger partial charge in [0, 0.05) is 19.4 Å². The average Bonchev–Trinajstić information content (AvgIpc) is 3.74. The lowest BCUT2D eigenvalue weighted by atomic mass is 10.2. The number of alkyl carbamates (subject to hydrolysis) is 1. The Morgan fingerprint density at radius 2 is 1.55 bits per heavy atom. The molecule has 5 aromatic rings. The number of pyridine rings is 1. The van der Waals surface area contributed by atoms with Crippen molar-refractivity contribution in [1.82, 2.24) is 30.2 Å². The molecule has 5 aromatic heterocycles. The highest BCUT2D eigenvalue weighted by Crippen LogP contribution is 2.28. The molecule has 0 saturated heterocycles. The van der Waals surface area contributed by atoms with E-state index < -0.39 is 17.7 Å². The lowest BCUT2D eigenvalue weighted by Crippen LogP contribution is -2.33. The maximum atomic E-state index is 11.8. The van der Waals surface area contributed by atoms with Gasteiger partial charge in [0.15, 0.2) is 17.1 Å². The number of carboxylic acids is 1. The molecule has 0 aliphatic heterocycles. The fourth-order valence-corrected chi connectivity index (χ4v) is 3.82. The van der Waals surface area contributed by atoms with Crippen LogP contribution in [-0.4, -0.2) is 54.2 Å². The van der Waals surface area contributed by atoms with Crippen molar-refractivity contribution in [3.05, 3.63) is 54.1 Å². The summed E-state index contributed by atoms with van der Waals surface area (Å²) in [5.41, 5.74) is 0.662. The van der Waals surface area contributed by atoms with Crippen molar-refractivity contribution in [3.8, 4) is 46.3 Å². The molecule has 0 aliphatic rings. The number of carboxylic acid groups (broad SMARTS) is 1. The molecule has 0 saturated carbocycles. The third-order valence-corrected chi connectivity index (χ3v) is 5.60. The number of oxazole rings is 4. The van der Waals surface area contributed by atoms with Crippen molar-refractivity contribution >= 4 is 12.1 Å². The second-order valence-electron chi connectivity index (χ2n) is 10.1. The molecule has 0 atom stereocenters. The van der Waals surface area contributed by atoms with Crippen LogP contribution in [0.3, 0.4) is 0 Å². The van der Waals surface area contributed by atoms with Gasteiger partial charge in [-0.2, -0.15) is 0 Å². The Hall–Kier alpha value is -5.27. The van der Waals surface area contributed by atoms with Gasteiger partial charge in [0.05, 0.1) is 6.20 Å². The molecule has 0 unspecified atom stereocenters. The van der Waals surface area contributed by atoms with E-state index in [9.17, 15) is 14.7 Å². The average molecular weight is 577 g/mol. The van der Waals surface area contributed by atoms with Gasteiger partial charge in [-0.25, -0.2) is 34.5 Å². The summed E-state index contributed by atoms with van der Waals surface area (Å²) in [5, 5.41) is 12.1. The summed E-state index contributed by atoms with van der Waals surface area (Å²) in [6.45, 7) is 7.59. The van der Waals surface area contributed by atoms with Crippen LogP contribution in [0.25, 0.3) is 46.3 Å². The zero-order chi connectivity index (χ0) is 29.9. The van der Waals surface area contributed by atoms with E-state index in [2.05, 4.69) is 30.2 Å². The molecule has 14 nitrogen and oxygen atoms in total. The maximum absolute atomic E-state index is 11.8. The number of hydrogen-bond acceptors (Lipinski definition) is 12. The summed E-state index contributed by atoms with van der Waals surface area (Å²) >= 11 is 0. The summed E-state index contributed by atoms with van der Waals surface area (Å²) in [4.78, 5) is 45.0. The van der Waals surface area contributed by atoms with Crippen LogP contribution in [0.5, 0.6) is 0 Å². The molecule has 0 fully saturated rings. The van der Waals surface area contributed by atoms with Crippen LogP contribution in [0.2, 0.25) is 0 Å². The van der Waals surface area contributed by atoms with E-state index in [1.165, 1.54) is 12.5 Å². The number of hydrogen-bond donors (Lipinski definition) is 2. The fourth-order valence-electron chi connectivity index (χ4n) is 3.82. The number of aromatic carboxylic acids is 1. The molecule has 2 N–H and O–H groups in total. The second-order valence-corrected chi connectivity index (χ2v) is 10.1. The minimum absolute atomic E-state index is 0.0466. The standard InChI is InChI=1S/C28H28N6O8/c1-5-7-20-21(26(35)36)34-25(41-20)19-14-39-24(33-19)17-9-6-8-16(31-17)23-32-18(13-38-23)22-30-12-15(40-22)10-11-29-27(37)42-28(2,3)4/h6,8-9,12-14H,5,7,10-11H2,1-4H3,(H,29,37)(H,35,36). The van der Waals surface area contributed by atoms with Crippen LogP contribution in [0.15, 0.2) is 54.6 Å². The highest BCUT2D eigenvalue weighted by Gasteiger charge is 2.23. The molecule has 42 heavy (non-hydrogen) atoms. The third-order valence-electron chi connectivity index (χ3n) is 5.60. The predicted octanol–water partition coefficient (Wildman–Crippen LogP) is 5.42. The van der Waals surface area contributed by atoms with E-state index in [0.29, 0.717) is 48.6 Å². The molecule has 5 heterocycles.